The highest BCUT2D eigenvalue weighted by Gasteiger charge is 2.17. The highest BCUT2D eigenvalue weighted by molar-refractivity contribution is 5.94. The molecule has 0 aromatic heterocycles. The highest BCUT2D eigenvalue weighted by Crippen LogP contribution is 2.18. The molecule has 0 heterocycles. The number of benzene rings is 1. The standard InChI is InChI=1S/C15H21NO5/c1-11-10-12(4-5-13(11)17)15(19)16(8-9-20-2)7-6-14(18)21-3/h4-5,10,17H,6-9H2,1-3H3. The number of carbonyl (C=O) groups excluding carboxylic acids is 2. The molecule has 6 nitrogen and oxygen atoms in total. The molecule has 0 aliphatic carbocycles. The molecule has 1 amide bonds. The predicted octanol–water partition coefficient (Wildman–Crippen LogP) is 1.35. The monoisotopic (exact) mass is 295 g/mol. The predicted molar refractivity (Wildman–Crippen MR) is 77.3 cm³/mol. The minimum atomic E-state index is -0.368. The third-order valence-corrected chi connectivity index (χ3v) is 3.11. The molecule has 0 unspecified atom stereocenters. The van der Waals surface area contributed by atoms with Crippen LogP contribution in [-0.2, 0) is 14.3 Å². The summed E-state index contributed by atoms with van der Waals surface area (Å²) in [5, 5.41) is 9.51. The molecule has 6 heteroatoms. The zero-order chi connectivity index (χ0) is 15.8. The minimum Gasteiger partial charge on any atom is -0.508 e. The normalized spacial score (nSPS) is 10.2. The van der Waals surface area contributed by atoms with Crippen LogP contribution in [0.1, 0.15) is 22.3 Å². The summed E-state index contributed by atoms with van der Waals surface area (Å²) in [5.41, 5.74) is 1.09. The minimum absolute atomic E-state index is 0.128. The first kappa shape index (κ1) is 17.0. The number of hydrogen-bond donors (Lipinski definition) is 1. The number of carbonyl (C=O) groups is 2. The first-order chi connectivity index (χ1) is 9.99. The van der Waals surface area contributed by atoms with Crippen molar-refractivity contribution in [1.29, 1.82) is 0 Å². The summed E-state index contributed by atoms with van der Waals surface area (Å²) in [6.07, 6.45) is 0.128. The molecular weight excluding hydrogens is 274 g/mol. The van der Waals surface area contributed by atoms with Crippen molar-refractivity contribution in [3.8, 4) is 5.75 Å². The molecule has 1 rings (SSSR count). The molecule has 0 radical (unpaired) electrons. The third kappa shape index (κ3) is 5.07. The number of phenols is 1. The van der Waals surface area contributed by atoms with Crippen LogP contribution in [-0.4, -0.2) is 55.8 Å². The van der Waals surface area contributed by atoms with Crippen molar-refractivity contribution in [2.45, 2.75) is 13.3 Å². The molecule has 1 N–H and O–H groups in total. The van der Waals surface area contributed by atoms with Crippen LogP contribution in [0.25, 0.3) is 0 Å². The van der Waals surface area contributed by atoms with Crippen molar-refractivity contribution < 1.29 is 24.2 Å². The van der Waals surface area contributed by atoms with E-state index in [-0.39, 0.29) is 30.6 Å². The average Bonchev–Trinajstić information content (AvgIpc) is 2.49. The molecule has 1 aromatic carbocycles. The van der Waals surface area contributed by atoms with Gasteiger partial charge in [-0.15, -0.1) is 0 Å². The van der Waals surface area contributed by atoms with Crippen LogP contribution >= 0.6 is 0 Å². The Morgan fingerprint density at radius 3 is 2.52 bits per heavy atom. The quantitative estimate of drug-likeness (QED) is 0.768. The molecule has 0 fully saturated rings. The number of aromatic hydroxyl groups is 1. The first-order valence-electron chi connectivity index (χ1n) is 6.64. The molecule has 0 aliphatic rings. The highest BCUT2D eigenvalue weighted by atomic mass is 16.5. The van der Waals surface area contributed by atoms with Crippen molar-refractivity contribution in [2.24, 2.45) is 0 Å². The maximum Gasteiger partial charge on any atom is 0.307 e. The van der Waals surface area contributed by atoms with E-state index in [0.29, 0.717) is 24.3 Å². The SMILES string of the molecule is COCCN(CCC(=O)OC)C(=O)c1ccc(O)c(C)c1. The largest absolute Gasteiger partial charge is 0.508 e. The fraction of sp³-hybridized carbons (Fsp3) is 0.467. The number of nitrogens with zero attached hydrogens (tertiary/aromatic N) is 1. The number of methoxy groups -OCH3 is 2. The Morgan fingerprint density at radius 2 is 1.95 bits per heavy atom. The number of amides is 1. The lowest BCUT2D eigenvalue weighted by atomic mass is 10.1. The summed E-state index contributed by atoms with van der Waals surface area (Å²) in [6.45, 7) is 2.74. The Morgan fingerprint density at radius 1 is 1.24 bits per heavy atom. The molecule has 21 heavy (non-hydrogen) atoms. The summed E-state index contributed by atoms with van der Waals surface area (Å²) in [7, 11) is 2.86. The maximum atomic E-state index is 12.5. The van der Waals surface area contributed by atoms with E-state index in [0.717, 1.165) is 0 Å². The van der Waals surface area contributed by atoms with Gasteiger partial charge in [0.2, 0.25) is 0 Å². The average molecular weight is 295 g/mol. The second-order valence-electron chi connectivity index (χ2n) is 4.61. The van der Waals surface area contributed by atoms with Crippen molar-refractivity contribution in [3.63, 3.8) is 0 Å². The Bertz CT molecular complexity index is 501. The van der Waals surface area contributed by atoms with Crippen LogP contribution in [0.5, 0.6) is 5.75 Å². The van der Waals surface area contributed by atoms with E-state index in [2.05, 4.69) is 4.74 Å². The van der Waals surface area contributed by atoms with E-state index in [1.165, 1.54) is 18.1 Å². The smallest absolute Gasteiger partial charge is 0.307 e. The van der Waals surface area contributed by atoms with Crippen LogP contribution in [0.2, 0.25) is 0 Å². The molecule has 116 valence electrons. The number of rotatable bonds is 7. The second-order valence-corrected chi connectivity index (χ2v) is 4.61. The number of aryl methyl sites for hydroxylation is 1. The van der Waals surface area contributed by atoms with Gasteiger partial charge >= 0.3 is 5.97 Å². The van der Waals surface area contributed by atoms with Crippen LogP contribution in [0.15, 0.2) is 18.2 Å². The van der Waals surface area contributed by atoms with Gasteiger partial charge in [0.25, 0.3) is 5.91 Å². The molecule has 0 aliphatic heterocycles. The van der Waals surface area contributed by atoms with Gasteiger partial charge in [-0.05, 0) is 30.7 Å². The molecular formula is C15H21NO5. The summed E-state index contributed by atoms with van der Waals surface area (Å²) >= 11 is 0. The van der Waals surface area contributed by atoms with Crippen molar-refractivity contribution in [3.05, 3.63) is 29.3 Å². The van der Waals surface area contributed by atoms with Crippen LogP contribution in [0, 0.1) is 6.92 Å². The Labute approximate surface area is 124 Å². The van der Waals surface area contributed by atoms with E-state index in [4.69, 9.17) is 4.74 Å². The van der Waals surface area contributed by atoms with E-state index < -0.39 is 0 Å². The lowest BCUT2D eigenvalue weighted by molar-refractivity contribution is -0.140. The van der Waals surface area contributed by atoms with E-state index >= 15 is 0 Å². The zero-order valence-corrected chi connectivity index (χ0v) is 12.6. The van der Waals surface area contributed by atoms with E-state index in [1.54, 1.807) is 26.2 Å². The molecule has 1 aromatic rings. The summed E-state index contributed by atoms with van der Waals surface area (Å²) in [6, 6.07) is 4.66. The fourth-order valence-corrected chi connectivity index (χ4v) is 1.82. The van der Waals surface area contributed by atoms with Gasteiger partial charge in [0.05, 0.1) is 20.1 Å². The number of ether oxygens (including phenoxy) is 2. The van der Waals surface area contributed by atoms with Gasteiger partial charge in [-0.1, -0.05) is 0 Å². The lowest BCUT2D eigenvalue weighted by Crippen LogP contribution is -2.35. The van der Waals surface area contributed by atoms with Crippen LogP contribution in [0.4, 0.5) is 0 Å². The zero-order valence-electron chi connectivity index (χ0n) is 12.6. The molecule has 0 bridgehead atoms. The van der Waals surface area contributed by atoms with Crippen LogP contribution < -0.4 is 0 Å². The molecule has 0 atom stereocenters. The topological polar surface area (TPSA) is 76.1 Å². The van der Waals surface area contributed by atoms with Crippen LogP contribution in [0.3, 0.4) is 0 Å². The van der Waals surface area contributed by atoms with E-state index in [1.807, 2.05) is 0 Å². The number of esters is 1. The van der Waals surface area contributed by atoms with Gasteiger partial charge in [0.15, 0.2) is 0 Å². The number of phenolic OH excluding ortho intramolecular Hbond substituents is 1. The fourth-order valence-electron chi connectivity index (χ4n) is 1.82. The number of hydrogen-bond acceptors (Lipinski definition) is 5. The van der Waals surface area contributed by atoms with Gasteiger partial charge < -0.3 is 19.5 Å². The van der Waals surface area contributed by atoms with Crippen molar-refractivity contribution in [1.82, 2.24) is 4.90 Å². The van der Waals surface area contributed by atoms with Gasteiger partial charge in [0, 0.05) is 25.8 Å². The third-order valence-electron chi connectivity index (χ3n) is 3.11. The van der Waals surface area contributed by atoms with Crippen molar-refractivity contribution >= 4 is 11.9 Å². The molecule has 0 spiro atoms. The first-order valence-corrected chi connectivity index (χ1v) is 6.64. The Hall–Kier alpha value is -2.08. The van der Waals surface area contributed by atoms with Gasteiger partial charge in [-0.3, -0.25) is 9.59 Å². The molecule has 0 saturated carbocycles. The molecule has 0 saturated heterocycles. The van der Waals surface area contributed by atoms with Gasteiger partial charge in [0.1, 0.15) is 5.75 Å². The van der Waals surface area contributed by atoms with Gasteiger partial charge in [-0.25, -0.2) is 0 Å². The van der Waals surface area contributed by atoms with Crippen molar-refractivity contribution in [2.75, 3.05) is 33.9 Å². The summed E-state index contributed by atoms with van der Waals surface area (Å²) in [5.74, 6) is -0.435. The Kier molecular flexibility index (Phi) is 6.68. The second kappa shape index (κ2) is 8.26. The summed E-state index contributed by atoms with van der Waals surface area (Å²) in [4.78, 5) is 25.2. The maximum absolute atomic E-state index is 12.5. The Balaban J connectivity index is 2.82. The lowest BCUT2D eigenvalue weighted by Gasteiger charge is -2.22. The summed E-state index contributed by atoms with van der Waals surface area (Å²) < 4.78 is 9.57. The van der Waals surface area contributed by atoms with E-state index in [9.17, 15) is 14.7 Å². The van der Waals surface area contributed by atoms with Gasteiger partial charge in [-0.2, -0.15) is 0 Å².